The molecule has 4 nitrogen and oxygen atoms in total. The van der Waals surface area contributed by atoms with Crippen LogP contribution in [0.5, 0.6) is 0 Å². The lowest BCUT2D eigenvalue weighted by Crippen LogP contribution is -2.17. The second-order valence-electron chi connectivity index (χ2n) is 3.74. The maximum atomic E-state index is 4.20. The molecule has 0 unspecified atom stereocenters. The van der Waals surface area contributed by atoms with Gasteiger partial charge in [-0.2, -0.15) is 0 Å². The normalized spacial score (nSPS) is 10.6. The minimum Gasteiger partial charge on any atom is -0.316 e. The van der Waals surface area contributed by atoms with Crippen molar-refractivity contribution in [2.45, 2.75) is 19.8 Å². The van der Waals surface area contributed by atoms with Crippen LogP contribution >= 0.6 is 11.3 Å². The molecule has 0 atom stereocenters. The Kier molecular flexibility index (Phi) is 4.58. The average molecular weight is 248 g/mol. The second kappa shape index (κ2) is 6.42. The first kappa shape index (κ1) is 12.1. The van der Waals surface area contributed by atoms with Gasteiger partial charge in [0, 0.05) is 30.9 Å². The summed E-state index contributed by atoms with van der Waals surface area (Å²) in [6.07, 6.45) is 5.67. The van der Waals surface area contributed by atoms with Crippen LogP contribution in [0.25, 0.3) is 10.6 Å². The van der Waals surface area contributed by atoms with Crippen molar-refractivity contribution in [1.82, 2.24) is 20.5 Å². The van der Waals surface area contributed by atoms with Crippen molar-refractivity contribution in [3.05, 3.63) is 29.5 Å². The Hall–Kier alpha value is -1.33. The van der Waals surface area contributed by atoms with Gasteiger partial charge in [-0.15, -0.1) is 10.2 Å². The van der Waals surface area contributed by atoms with Crippen molar-refractivity contribution >= 4 is 11.3 Å². The fraction of sp³-hybridized carbons (Fsp3) is 0.417. The summed E-state index contributed by atoms with van der Waals surface area (Å²) in [4.78, 5) is 3.99. The van der Waals surface area contributed by atoms with Crippen LogP contribution in [0.15, 0.2) is 24.5 Å². The molecule has 0 radical (unpaired) electrons. The third-order valence-electron chi connectivity index (χ3n) is 2.34. The molecule has 90 valence electrons. The molecule has 2 heterocycles. The van der Waals surface area contributed by atoms with Crippen LogP contribution in [0.2, 0.25) is 0 Å². The molecule has 17 heavy (non-hydrogen) atoms. The van der Waals surface area contributed by atoms with Crippen LogP contribution in [-0.4, -0.2) is 28.3 Å². The number of nitrogens with one attached hydrogen (secondary N) is 1. The van der Waals surface area contributed by atoms with Crippen molar-refractivity contribution in [2.75, 3.05) is 13.1 Å². The van der Waals surface area contributed by atoms with E-state index in [0.29, 0.717) is 0 Å². The van der Waals surface area contributed by atoms with E-state index in [2.05, 4.69) is 27.4 Å². The smallest absolute Gasteiger partial charge is 0.147 e. The summed E-state index contributed by atoms with van der Waals surface area (Å²) < 4.78 is 0. The Balaban J connectivity index is 1.92. The summed E-state index contributed by atoms with van der Waals surface area (Å²) in [5.74, 6) is 0. The van der Waals surface area contributed by atoms with Crippen LogP contribution in [0, 0.1) is 0 Å². The first-order chi connectivity index (χ1) is 8.40. The maximum absolute atomic E-state index is 4.20. The fourth-order valence-electron chi connectivity index (χ4n) is 1.46. The van der Waals surface area contributed by atoms with E-state index in [1.165, 1.54) is 6.42 Å². The number of aromatic nitrogens is 3. The largest absolute Gasteiger partial charge is 0.316 e. The lowest BCUT2D eigenvalue weighted by atomic mass is 10.3. The monoisotopic (exact) mass is 248 g/mol. The predicted octanol–water partition coefficient (Wildman–Crippen LogP) is 2.14. The zero-order chi connectivity index (χ0) is 11.9. The van der Waals surface area contributed by atoms with Crippen molar-refractivity contribution in [2.24, 2.45) is 0 Å². The standard InChI is InChI=1S/C12H16N4S/c1-2-6-13-9-5-11-15-16-12(17-11)10-3-7-14-8-4-10/h3-4,7-8,13H,2,5-6,9H2,1H3. The van der Waals surface area contributed by atoms with E-state index < -0.39 is 0 Å². The van der Waals surface area contributed by atoms with Crippen LogP contribution in [0.4, 0.5) is 0 Å². The van der Waals surface area contributed by atoms with Crippen LogP contribution < -0.4 is 5.32 Å². The van der Waals surface area contributed by atoms with Gasteiger partial charge in [0.1, 0.15) is 10.0 Å². The summed E-state index contributed by atoms with van der Waals surface area (Å²) in [6.45, 7) is 4.20. The van der Waals surface area contributed by atoms with E-state index in [0.717, 1.165) is 35.1 Å². The van der Waals surface area contributed by atoms with Crippen molar-refractivity contribution in [3.8, 4) is 10.6 Å². The van der Waals surface area contributed by atoms with E-state index in [-0.39, 0.29) is 0 Å². The third-order valence-corrected chi connectivity index (χ3v) is 3.37. The summed E-state index contributed by atoms with van der Waals surface area (Å²) >= 11 is 1.65. The van der Waals surface area contributed by atoms with Crippen LogP contribution in [0.1, 0.15) is 18.4 Å². The Labute approximate surface area is 105 Å². The molecular formula is C12H16N4S. The SMILES string of the molecule is CCCNCCc1nnc(-c2ccncc2)s1. The molecule has 2 aromatic heterocycles. The molecular weight excluding hydrogens is 232 g/mol. The van der Waals surface area contributed by atoms with Gasteiger partial charge in [-0.05, 0) is 25.1 Å². The summed E-state index contributed by atoms with van der Waals surface area (Å²) in [6, 6.07) is 3.92. The van der Waals surface area contributed by atoms with Gasteiger partial charge in [-0.25, -0.2) is 0 Å². The molecule has 1 N–H and O–H groups in total. The lowest BCUT2D eigenvalue weighted by molar-refractivity contribution is 0.668. The van der Waals surface area contributed by atoms with Crippen LogP contribution in [0.3, 0.4) is 0 Å². The first-order valence-electron chi connectivity index (χ1n) is 5.83. The van der Waals surface area contributed by atoms with Gasteiger partial charge >= 0.3 is 0 Å². The molecule has 0 spiro atoms. The van der Waals surface area contributed by atoms with E-state index >= 15 is 0 Å². The number of pyridine rings is 1. The van der Waals surface area contributed by atoms with Gasteiger partial charge < -0.3 is 5.32 Å². The number of hydrogen-bond donors (Lipinski definition) is 1. The highest BCUT2D eigenvalue weighted by atomic mass is 32.1. The molecule has 5 heteroatoms. The first-order valence-corrected chi connectivity index (χ1v) is 6.65. The summed E-state index contributed by atoms with van der Waals surface area (Å²) in [7, 11) is 0. The number of hydrogen-bond acceptors (Lipinski definition) is 5. The Morgan fingerprint density at radius 3 is 2.76 bits per heavy atom. The van der Waals surface area contributed by atoms with Gasteiger partial charge in [-0.1, -0.05) is 18.3 Å². The molecule has 0 aromatic carbocycles. The van der Waals surface area contributed by atoms with Gasteiger partial charge in [-0.3, -0.25) is 4.98 Å². The summed E-state index contributed by atoms with van der Waals surface area (Å²) in [5, 5.41) is 13.8. The van der Waals surface area contributed by atoms with Crippen molar-refractivity contribution in [3.63, 3.8) is 0 Å². The van der Waals surface area contributed by atoms with Crippen LogP contribution in [-0.2, 0) is 6.42 Å². The molecule has 0 aliphatic carbocycles. The van der Waals surface area contributed by atoms with Crippen molar-refractivity contribution in [1.29, 1.82) is 0 Å². The van der Waals surface area contributed by atoms with Gasteiger partial charge in [0.2, 0.25) is 0 Å². The minimum atomic E-state index is 0.947. The molecule has 0 fully saturated rings. The minimum absolute atomic E-state index is 0.947. The second-order valence-corrected chi connectivity index (χ2v) is 4.80. The third kappa shape index (κ3) is 3.57. The zero-order valence-corrected chi connectivity index (χ0v) is 10.7. The molecule has 2 rings (SSSR count). The highest BCUT2D eigenvalue weighted by molar-refractivity contribution is 7.14. The number of nitrogens with zero attached hydrogens (tertiary/aromatic N) is 3. The fourth-order valence-corrected chi connectivity index (χ4v) is 2.31. The van der Waals surface area contributed by atoms with E-state index in [4.69, 9.17) is 0 Å². The average Bonchev–Trinajstić information content (AvgIpc) is 2.85. The van der Waals surface area contributed by atoms with Gasteiger partial charge in [0.15, 0.2) is 0 Å². The van der Waals surface area contributed by atoms with Crippen molar-refractivity contribution < 1.29 is 0 Å². The molecule has 0 aliphatic heterocycles. The molecule has 2 aromatic rings. The highest BCUT2D eigenvalue weighted by Crippen LogP contribution is 2.22. The van der Waals surface area contributed by atoms with Gasteiger partial charge in [0.25, 0.3) is 0 Å². The quantitative estimate of drug-likeness (QED) is 0.796. The van der Waals surface area contributed by atoms with E-state index in [1.54, 1.807) is 23.7 Å². The summed E-state index contributed by atoms with van der Waals surface area (Å²) in [5.41, 5.74) is 1.09. The van der Waals surface area contributed by atoms with E-state index in [1.807, 2.05) is 12.1 Å². The molecule has 0 bridgehead atoms. The molecule has 0 saturated carbocycles. The zero-order valence-electron chi connectivity index (χ0n) is 9.89. The highest BCUT2D eigenvalue weighted by Gasteiger charge is 2.05. The Morgan fingerprint density at radius 1 is 1.18 bits per heavy atom. The Morgan fingerprint density at radius 2 is 2.00 bits per heavy atom. The lowest BCUT2D eigenvalue weighted by Gasteiger charge is -1.98. The van der Waals surface area contributed by atoms with E-state index in [9.17, 15) is 0 Å². The topological polar surface area (TPSA) is 50.7 Å². The number of rotatable bonds is 6. The van der Waals surface area contributed by atoms with Gasteiger partial charge in [0.05, 0.1) is 0 Å². The predicted molar refractivity (Wildman–Crippen MR) is 70.0 cm³/mol. The maximum Gasteiger partial charge on any atom is 0.147 e. The molecule has 0 aliphatic rings. The molecule has 0 saturated heterocycles. The molecule has 0 amide bonds. The Bertz CT molecular complexity index is 441.